The van der Waals surface area contributed by atoms with Crippen molar-refractivity contribution in [2.24, 2.45) is 23.5 Å². The minimum absolute atomic E-state index is 0. The van der Waals surface area contributed by atoms with E-state index in [9.17, 15) is 24.0 Å². The molecule has 0 spiro atoms. The number of nitrogens with zero attached hydrogens (tertiary/aromatic N) is 10. The van der Waals surface area contributed by atoms with Gasteiger partial charge in [0.1, 0.15) is 28.9 Å². The molecule has 4 aromatic heterocycles. The number of aromatic nitrogens is 10. The fraction of sp³-hybridized carbons (Fsp3) is 0.300. The van der Waals surface area contributed by atoms with Gasteiger partial charge in [-0.05, 0) is 58.7 Å². The van der Waals surface area contributed by atoms with Crippen molar-refractivity contribution in [2.75, 3.05) is 39.3 Å². The van der Waals surface area contributed by atoms with Crippen LogP contribution in [0, 0.1) is 17.8 Å². The monoisotopic (exact) mass is 1230 g/mol. The van der Waals surface area contributed by atoms with E-state index in [4.69, 9.17) is 15.9 Å². The van der Waals surface area contributed by atoms with Gasteiger partial charge in [0, 0.05) is 94.3 Å². The van der Waals surface area contributed by atoms with Crippen molar-refractivity contribution >= 4 is 17.4 Å². The normalized spacial score (nSPS) is 18.8. The predicted molar refractivity (Wildman–Crippen MR) is 351 cm³/mol. The van der Waals surface area contributed by atoms with E-state index in [2.05, 4.69) is 142 Å². The Kier molecular flexibility index (Phi) is 22.7. The van der Waals surface area contributed by atoms with Crippen molar-refractivity contribution in [3.8, 4) is 11.4 Å². The van der Waals surface area contributed by atoms with Gasteiger partial charge >= 0.3 is 5.97 Å². The largest absolute Gasteiger partial charge is 0.478 e. The van der Waals surface area contributed by atoms with Gasteiger partial charge in [-0.25, -0.2) is 14.3 Å². The van der Waals surface area contributed by atoms with Crippen LogP contribution in [0.4, 0.5) is 0 Å². The zero-order valence-electron chi connectivity index (χ0n) is 50.7. The molecule has 91 heavy (non-hydrogen) atoms. The summed E-state index contributed by atoms with van der Waals surface area (Å²) in [5.41, 5.74) is 11.4. The second-order valence-electron chi connectivity index (χ2n) is 23.3. The Labute approximate surface area is 528 Å². The maximum Gasteiger partial charge on any atom is 0.335 e. The second kappa shape index (κ2) is 31.5. The number of fused-ring (bicyclic) bond motifs is 1. The van der Waals surface area contributed by atoms with Gasteiger partial charge in [0.05, 0.1) is 18.3 Å². The third-order valence-electron chi connectivity index (χ3n) is 16.5. The summed E-state index contributed by atoms with van der Waals surface area (Å²) in [7, 11) is 0. The molecular weight excluding hydrogens is 1150 g/mol. The van der Waals surface area contributed by atoms with Crippen molar-refractivity contribution in [3.05, 3.63) is 276 Å². The summed E-state index contributed by atoms with van der Waals surface area (Å²) in [6.45, 7) is 14.9. The number of likely N-dealkylation sites (tertiary alicyclic amines) is 3. The number of carboxylic acid groups (broad SMARTS) is 1. The Hall–Kier alpha value is -9.93. The molecule has 21 heteroatoms. The molecule has 0 radical (unpaired) electrons. The highest BCUT2D eigenvalue weighted by Crippen LogP contribution is 2.33. The molecule has 0 aliphatic carbocycles. The number of aromatic carboxylic acids is 1. The van der Waals surface area contributed by atoms with E-state index in [-0.39, 0.29) is 72.2 Å². The van der Waals surface area contributed by atoms with Crippen LogP contribution in [0.3, 0.4) is 0 Å². The molecule has 7 heterocycles. The predicted octanol–water partition coefficient (Wildman–Crippen LogP) is 8.53. The molecule has 7 N–H and O–H groups in total. The van der Waals surface area contributed by atoms with Gasteiger partial charge < -0.3 is 31.1 Å². The van der Waals surface area contributed by atoms with Crippen molar-refractivity contribution in [3.63, 3.8) is 0 Å². The Bertz CT molecular complexity index is 4120. The average Bonchev–Trinajstić information content (AvgIpc) is 1.68. The molecule has 13 rings (SSSR count). The first kappa shape index (κ1) is 65.5. The lowest BCUT2D eigenvalue weighted by atomic mass is 9.97. The number of nitrogens with two attached hydrogens (primary N) is 1. The smallest absolute Gasteiger partial charge is 0.335 e. The van der Waals surface area contributed by atoms with Gasteiger partial charge in [-0.15, -0.1) is 20.4 Å². The number of nitrogens with one attached hydrogen (secondary N) is 4. The highest BCUT2D eigenvalue weighted by Gasteiger charge is 2.35. The van der Waals surface area contributed by atoms with Gasteiger partial charge in [0.2, 0.25) is 0 Å². The molecule has 6 atom stereocenters. The molecule has 10 aromatic rings. The van der Waals surface area contributed by atoms with Crippen molar-refractivity contribution in [1.29, 1.82) is 0 Å². The van der Waals surface area contributed by atoms with Gasteiger partial charge in [-0.1, -0.05) is 186 Å². The number of rotatable bonds is 15. The van der Waals surface area contributed by atoms with Gasteiger partial charge in [-0.3, -0.25) is 33.9 Å². The molecule has 0 bridgehead atoms. The number of hydrogen-bond donors (Lipinski definition) is 6. The Balaban J connectivity index is 0.000000152. The molecule has 470 valence electrons. The first-order chi connectivity index (χ1) is 43.8. The minimum atomic E-state index is -0.879. The number of H-pyrrole nitrogens is 3. The lowest BCUT2D eigenvalue weighted by Gasteiger charge is -2.16. The van der Waals surface area contributed by atoms with Crippen LogP contribution in [0.15, 0.2) is 203 Å². The third kappa shape index (κ3) is 17.3. The molecule has 3 saturated heterocycles. The fourth-order valence-corrected chi connectivity index (χ4v) is 11.8. The molecule has 3 fully saturated rings. The van der Waals surface area contributed by atoms with E-state index in [1.807, 2.05) is 66.7 Å². The summed E-state index contributed by atoms with van der Waals surface area (Å²) in [6.07, 6.45) is 1.59. The molecular formula is C70H79N15O6. The minimum Gasteiger partial charge on any atom is -0.478 e. The maximum atomic E-state index is 12.7. The molecule has 6 aromatic carbocycles. The van der Waals surface area contributed by atoms with Gasteiger partial charge in [0.15, 0.2) is 11.3 Å². The maximum absolute atomic E-state index is 12.7. The Morgan fingerprint density at radius 3 is 1.30 bits per heavy atom. The van der Waals surface area contributed by atoms with Crippen LogP contribution in [-0.4, -0.2) is 121 Å². The summed E-state index contributed by atoms with van der Waals surface area (Å²) < 4.78 is 1.69. The van der Waals surface area contributed by atoms with Crippen molar-refractivity contribution in [2.45, 2.75) is 78.7 Å². The zero-order valence-corrected chi connectivity index (χ0v) is 50.7. The second-order valence-corrected chi connectivity index (χ2v) is 23.3. The number of carbonyl (C=O) groups excluding carboxylic acids is 1. The number of imidazole rings is 1. The topological polar surface area (TPSA) is 282 Å². The number of benzene rings is 6. The van der Waals surface area contributed by atoms with Crippen molar-refractivity contribution < 1.29 is 14.7 Å². The quantitative estimate of drug-likeness (QED) is 0.0561. The molecule has 6 unspecified atom stereocenters. The fourth-order valence-electron chi connectivity index (χ4n) is 11.8. The summed E-state index contributed by atoms with van der Waals surface area (Å²) >= 11 is 0. The lowest BCUT2D eigenvalue weighted by molar-refractivity contribution is 0.0696. The van der Waals surface area contributed by atoms with Crippen LogP contribution < -0.4 is 27.7 Å². The average molecular weight is 1230 g/mol. The SMILES string of the molecule is C.CC1CN(Cc2ccccc2)CC1c1nn2c(-c3ccccc3)ncc2c(=O)[nH]1.CC1CN(Cc2ccccc2)CC1c1nnc(CN)c(=O)[nH]1.CC1CN(Cc2ccccc2)CC1c1nnc(CNC(=O)c2ccccc2)c(=O)[nH]1.O=C(O)c1ccccc1. The number of carboxylic acids is 1. The summed E-state index contributed by atoms with van der Waals surface area (Å²) in [5, 5.41) is 32.4. The highest BCUT2D eigenvalue weighted by molar-refractivity contribution is 5.94. The number of aromatic amines is 3. The van der Waals surface area contributed by atoms with Crippen LogP contribution in [-0.2, 0) is 32.7 Å². The zero-order chi connectivity index (χ0) is 62.9. The summed E-state index contributed by atoms with van der Waals surface area (Å²) in [4.78, 5) is 79.8. The van der Waals surface area contributed by atoms with Crippen LogP contribution in [0.25, 0.3) is 16.9 Å². The van der Waals surface area contributed by atoms with Crippen molar-refractivity contribution in [1.82, 2.24) is 70.0 Å². The highest BCUT2D eigenvalue weighted by atomic mass is 16.4. The van der Waals surface area contributed by atoms with E-state index in [1.54, 1.807) is 65.3 Å². The first-order valence-electron chi connectivity index (χ1n) is 30.3. The molecule has 3 aliphatic rings. The lowest BCUT2D eigenvalue weighted by Crippen LogP contribution is -2.30. The molecule has 0 saturated carbocycles. The van der Waals surface area contributed by atoms with Gasteiger partial charge in [-0.2, -0.15) is 5.10 Å². The number of hydrogen-bond acceptors (Lipinski definition) is 15. The Morgan fingerprint density at radius 1 is 0.505 bits per heavy atom. The van der Waals surface area contributed by atoms with Crippen LogP contribution in [0.1, 0.15) is 112 Å². The summed E-state index contributed by atoms with van der Waals surface area (Å²) in [5.74, 6) is 3.30. The molecule has 21 nitrogen and oxygen atoms in total. The van der Waals surface area contributed by atoms with Gasteiger partial charge in [0.25, 0.3) is 22.6 Å². The van der Waals surface area contributed by atoms with E-state index >= 15 is 0 Å². The summed E-state index contributed by atoms with van der Waals surface area (Å²) in [6, 6.07) is 58.3. The van der Waals surface area contributed by atoms with Crippen LogP contribution in [0.2, 0.25) is 0 Å². The van der Waals surface area contributed by atoms with E-state index in [0.717, 1.165) is 70.3 Å². The Morgan fingerprint density at radius 2 is 0.890 bits per heavy atom. The van der Waals surface area contributed by atoms with Crippen LogP contribution in [0.5, 0.6) is 0 Å². The first-order valence-corrected chi connectivity index (χ1v) is 30.3. The molecule has 3 aliphatic heterocycles. The van der Waals surface area contributed by atoms with E-state index in [0.29, 0.717) is 51.9 Å². The van der Waals surface area contributed by atoms with Crippen LogP contribution >= 0.6 is 0 Å². The molecule has 1 amide bonds. The van der Waals surface area contributed by atoms with E-state index in [1.165, 1.54) is 16.7 Å². The number of carbonyl (C=O) groups is 2. The van der Waals surface area contributed by atoms with E-state index < -0.39 is 5.97 Å². The standard InChI is InChI=1S/C23H25N5O2.C23H23N5O.C16H21N5O.C7H6O2.CH4/c1-16-13-28(14-17-8-4-2-5-9-17)15-19(16)21-25-23(30)20(26-27-21)12-24-22(29)18-10-6-3-7-11-18;1-16-13-27(14-17-8-4-2-5-9-17)15-19(16)21-25-23(29)20-12-24-22(28(20)26-21)18-10-6-3-7-11-18;1-11-8-21(9-12-5-3-2-4-6-12)10-13(11)15-18-16(22)14(7-17)19-20-15;8-7(9)6-4-2-1-3-5-6;/h2-11,16,19H,12-15H2,1H3,(H,24,29)(H,25,27,30);2-12,16,19H,13-15H2,1H3,(H,25,26,29);2-6,11,13H,7-10,17H2,1H3,(H,18,20,22);1-5H,(H,8,9);1H4. The number of amides is 1. The third-order valence-corrected chi connectivity index (χ3v) is 16.5.